The predicted octanol–water partition coefficient (Wildman–Crippen LogP) is 4.76. The van der Waals surface area contributed by atoms with Gasteiger partial charge in [0.2, 0.25) is 5.95 Å². The van der Waals surface area contributed by atoms with E-state index in [2.05, 4.69) is 46.0 Å². The van der Waals surface area contributed by atoms with Crippen LogP contribution < -0.4 is 15.4 Å². The molecule has 5 rings (SSSR count). The average molecular weight is 422 g/mol. The van der Waals surface area contributed by atoms with Gasteiger partial charge in [0.05, 0.1) is 30.8 Å². The topological polar surface area (TPSA) is 82.9 Å². The molecule has 2 heterocycles. The molecule has 1 aromatic heterocycles. The number of ether oxygens (including phenoxy) is 1. The molecule has 0 radical (unpaired) electrons. The van der Waals surface area contributed by atoms with Crippen molar-refractivity contribution in [2.75, 3.05) is 19.0 Å². The maximum absolute atomic E-state index is 8.87. The van der Waals surface area contributed by atoms with Crippen molar-refractivity contribution in [3.8, 4) is 22.9 Å². The number of nitrogens with one attached hydrogen (secondary N) is 2. The van der Waals surface area contributed by atoms with Gasteiger partial charge in [0, 0.05) is 18.1 Å². The number of aromatic nitrogens is 2. The quantitative estimate of drug-likeness (QED) is 0.483. The van der Waals surface area contributed by atoms with Gasteiger partial charge >= 0.3 is 0 Å². The third-order valence-corrected chi connectivity index (χ3v) is 5.81. The maximum Gasteiger partial charge on any atom is 0.227 e. The van der Waals surface area contributed by atoms with Crippen molar-refractivity contribution in [1.29, 1.82) is 5.26 Å². The van der Waals surface area contributed by atoms with Gasteiger partial charge in [0.15, 0.2) is 0 Å². The van der Waals surface area contributed by atoms with E-state index in [4.69, 9.17) is 15.0 Å². The van der Waals surface area contributed by atoms with Crippen LogP contribution in [0, 0.1) is 11.3 Å². The summed E-state index contributed by atoms with van der Waals surface area (Å²) in [7, 11) is 1.68. The van der Waals surface area contributed by atoms with Crippen LogP contribution in [0.3, 0.4) is 0 Å². The summed E-state index contributed by atoms with van der Waals surface area (Å²) in [4.78, 5) is 9.25. The normalized spacial score (nSPS) is 12.8. The van der Waals surface area contributed by atoms with E-state index in [1.54, 1.807) is 7.11 Å². The van der Waals surface area contributed by atoms with Crippen molar-refractivity contribution < 1.29 is 4.74 Å². The number of hydrogen-bond acceptors (Lipinski definition) is 6. The minimum absolute atomic E-state index is 0.419. The Kier molecular flexibility index (Phi) is 5.40. The number of nitriles is 1. The summed E-state index contributed by atoms with van der Waals surface area (Å²) in [5.74, 6) is 1.32. The van der Waals surface area contributed by atoms with Gasteiger partial charge in [-0.1, -0.05) is 36.4 Å². The first-order valence-corrected chi connectivity index (χ1v) is 10.6. The van der Waals surface area contributed by atoms with Gasteiger partial charge in [-0.2, -0.15) is 5.26 Å². The van der Waals surface area contributed by atoms with Crippen LogP contribution in [0.2, 0.25) is 0 Å². The second-order valence-electron chi connectivity index (χ2n) is 7.87. The summed E-state index contributed by atoms with van der Waals surface area (Å²) in [6.45, 7) is 1.84. The standard InChI is InChI=1S/C26H23N5O/c1-32-25-14-20-9-11-28-15-22(20)13-24(25)31-26-29-16-21-7-6-19(12-23(21)30-26)18-4-2-17(3-5-18)8-10-27/h2-7,12-14,16,28H,8-9,11,15H2,1H3,(H,29,30,31). The molecular formula is C26H23N5O. The Morgan fingerprint density at radius 1 is 1.06 bits per heavy atom. The number of rotatable bonds is 5. The second-order valence-corrected chi connectivity index (χ2v) is 7.87. The molecule has 0 spiro atoms. The number of methoxy groups -OCH3 is 1. The molecule has 0 bridgehead atoms. The Morgan fingerprint density at radius 2 is 1.91 bits per heavy atom. The predicted molar refractivity (Wildman–Crippen MR) is 126 cm³/mol. The zero-order valence-corrected chi connectivity index (χ0v) is 17.9. The molecule has 3 aromatic carbocycles. The molecule has 32 heavy (non-hydrogen) atoms. The Hall–Kier alpha value is -3.95. The Labute approximate surface area is 186 Å². The molecule has 1 aliphatic rings. The number of nitrogens with zero attached hydrogens (tertiary/aromatic N) is 3. The van der Waals surface area contributed by atoms with E-state index in [9.17, 15) is 0 Å². The van der Waals surface area contributed by atoms with Gasteiger partial charge < -0.3 is 15.4 Å². The number of hydrogen-bond donors (Lipinski definition) is 2. The lowest BCUT2D eigenvalue weighted by molar-refractivity contribution is 0.415. The van der Waals surface area contributed by atoms with Gasteiger partial charge in [-0.15, -0.1) is 0 Å². The fraction of sp³-hybridized carbons (Fsp3) is 0.192. The Morgan fingerprint density at radius 3 is 2.72 bits per heavy atom. The summed E-state index contributed by atoms with van der Waals surface area (Å²) in [5.41, 5.74) is 7.48. The van der Waals surface area contributed by atoms with Gasteiger partial charge in [-0.3, -0.25) is 0 Å². The molecule has 4 aromatic rings. The Balaban J connectivity index is 1.46. The van der Waals surface area contributed by atoms with E-state index in [0.717, 1.165) is 58.5 Å². The molecule has 0 aliphatic carbocycles. The van der Waals surface area contributed by atoms with Crippen LogP contribution >= 0.6 is 0 Å². The van der Waals surface area contributed by atoms with Crippen LogP contribution in [-0.4, -0.2) is 23.6 Å². The molecule has 1 aliphatic heterocycles. The average Bonchev–Trinajstić information content (AvgIpc) is 2.84. The molecule has 2 N–H and O–H groups in total. The van der Waals surface area contributed by atoms with Crippen LogP contribution in [-0.2, 0) is 19.4 Å². The molecule has 6 heteroatoms. The lowest BCUT2D eigenvalue weighted by Crippen LogP contribution is -2.23. The lowest BCUT2D eigenvalue weighted by Gasteiger charge is -2.20. The van der Waals surface area contributed by atoms with Crippen molar-refractivity contribution in [2.24, 2.45) is 0 Å². The zero-order chi connectivity index (χ0) is 21.9. The van der Waals surface area contributed by atoms with Crippen molar-refractivity contribution in [1.82, 2.24) is 15.3 Å². The molecule has 0 amide bonds. The summed E-state index contributed by atoms with van der Waals surface area (Å²) in [5, 5.41) is 16.6. The number of anilines is 2. The van der Waals surface area contributed by atoms with Crippen LogP contribution in [0.15, 0.2) is 60.8 Å². The van der Waals surface area contributed by atoms with E-state index in [0.29, 0.717) is 12.4 Å². The Bertz CT molecular complexity index is 1320. The van der Waals surface area contributed by atoms with E-state index in [1.807, 2.05) is 36.5 Å². The highest BCUT2D eigenvalue weighted by molar-refractivity contribution is 5.84. The summed E-state index contributed by atoms with van der Waals surface area (Å²) >= 11 is 0. The van der Waals surface area contributed by atoms with Crippen molar-refractivity contribution in [2.45, 2.75) is 19.4 Å². The molecule has 0 atom stereocenters. The lowest BCUT2D eigenvalue weighted by atomic mass is 10.00. The van der Waals surface area contributed by atoms with E-state index < -0.39 is 0 Å². The number of benzene rings is 3. The van der Waals surface area contributed by atoms with Gasteiger partial charge in [-0.25, -0.2) is 9.97 Å². The summed E-state index contributed by atoms with van der Waals surface area (Å²) < 4.78 is 5.62. The first-order valence-electron chi connectivity index (χ1n) is 10.6. The van der Waals surface area contributed by atoms with Crippen LogP contribution in [0.25, 0.3) is 22.0 Å². The molecule has 0 saturated heterocycles. The first-order chi connectivity index (χ1) is 15.7. The monoisotopic (exact) mass is 421 g/mol. The van der Waals surface area contributed by atoms with E-state index in [-0.39, 0.29) is 0 Å². The van der Waals surface area contributed by atoms with Gasteiger partial charge in [0.25, 0.3) is 0 Å². The van der Waals surface area contributed by atoms with Crippen molar-refractivity contribution >= 4 is 22.5 Å². The summed E-state index contributed by atoms with van der Waals surface area (Å²) in [6, 6.07) is 20.6. The highest BCUT2D eigenvalue weighted by Crippen LogP contribution is 2.32. The van der Waals surface area contributed by atoms with Crippen LogP contribution in [0.5, 0.6) is 5.75 Å². The van der Waals surface area contributed by atoms with Gasteiger partial charge in [0.1, 0.15) is 5.75 Å². The minimum atomic E-state index is 0.419. The summed E-state index contributed by atoms with van der Waals surface area (Å²) in [6.07, 6.45) is 3.25. The highest BCUT2D eigenvalue weighted by Gasteiger charge is 2.14. The van der Waals surface area contributed by atoms with Crippen molar-refractivity contribution in [3.63, 3.8) is 0 Å². The molecular weight excluding hydrogens is 398 g/mol. The van der Waals surface area contributed by atoms with Crippen LogP contribution in [0.1, 0.15) is 16.7 Å². The maximum atomic E-state index is 8.87. The molecule has 0 unspecified atom stereocenters. The fourth-order valence-electron chi connectivity index (χ4n) is 4.07. The first kappa shape index (κ1) is 20.0. The van der Waals surface area contributed by atoms with E-state index in [1.165, 1.54) is 11.1 Å². The smallest absolute Gasteiger partial charge is 0.227 e. The molecule has 0 saturated carbocycles. The van der Waals surface area contributed by atoms with E-state index >= 15 is 0 Å². The molecule has 6 nitrogen and oxygen atoms in total. The number of fused-ring (bicyclic) bond motifs is 2. The minimum Gasteiger partial charge on any atom is -0.495 e. The zero-order valence-electron chi connectivity index (χ0n) is 17.9. The largest absolute Gasteiger partial charge is 0.495 e. The third-order valence-electron chi connectivity index (χ3n) is 5.81. The fourth-order valence-corrected chi connectivity index (χ4v) is 4.07. The molecule has 0 fully saturated rings. The van der Waals surface area contributed by atoms with Crippen LogP contribution in [0.4, 0.5) is 11.6 Å². The second kappa shape index (κ2) is 8.66. The SMILES string of the molecule is COc1cc2c(cc1Nc1ncc3ccc(-c4ccc(CC#N)cc4)cc3n1)CNCC2. The third kappa shape index (κ3) is 3.98. The van der Waals surface area contributed by atoms with Crippen molar-refractivity contribution in [3.05, 3.63) is 77.5 Å². The highest BCUT2D eigenvalue weighted by atomic mass is 16.5. The molecule has 158 valence electrons. The van der Waals surface area contributed by atoms with Gasteiger partial charge in [-0.05, 0) is 59.0 Å².